The number of amides is 1. The Morgan fingerprint density at radius 3 is 2.71 bits per heavy atom. The number of aryl methyl sites for hydroxylation is 2. The number of benzene rings is 1. The topological polar surface area (TPSA) is 67.2 Å². The number of carbonyl (C=O) groups excluding carboxylic acids is 1. The van der Waals surface area contributed by atoms with Crippen LogP contribution in [0.1, 0.15) is 28.7 Å². The molecule has 0 aliphatic heterocycles. The van der Waals surface area contributed by atoms with Gasteiger partial charge in [-0.05, 0) is 44.2 Å². The van der Waals surface area contributed by atoms with Gasteiger partial charge in [-0.2, -0.15) is 5.10 Å². The highest BCUT2D eigenvalue weighted by atomic mass is 16.2. The van der Waals surface area contributed by atoms with Gasteiger partial charge in [-0.15, -0.1) is 0 Å². The Kier molecular flexibility index (Phi) is 4.75. The van der Waals surface area contributed by atoms with Gasteiger partial charge in [-0.3, -0.25) is 9.48 Å². The maximum Gasteiger partial charge on any atom is 0.273 e. The molecule has 0 spiro atoms. The molecule has 5 nitrogen and oxygen atoms in total. The van der Waals surface area contributed by atoms with Crippen LogP contribution in [0.25, 0.3) is 0 Å². The Bertz CT molecular complexity index is 691. The zero-order chi connectivity index (χ0) is 15.2. The highest BCUT2D eigenvalue weighted by Gasteiger charge is 2.13. The number of nitrogens with zero attached hydrogens (tertiary/aromatic N) is 2. The summed E-state index contributed by atoms with van der Waals surface area (Å²) < 4.78 is 1.67. The normalized spacial score (nSPS) is 9.86. The van der Waals surface area contributed by atoms with Crippen LogP contribution in [0.15, 0.2) is 30.3 Å². The van der Waals surface area contributed by atoms with Crippen molar-refractivity contribution in [3.63, 3.8) is 0 Å². The highest BCUT2D eigenvalue weighted by molar-refractivity contribution is 6.03. The number of anilines is 1. The molecule has 1 aromatic heterocycles. The van der Waals surface area contributed by atoms with Gasteiger partial charge in [0, 0.05) is 17.8 Å². The van der Waals surface area contributed by atoms with Crippen molar-refractivity contribution < 1.29 is 9.90 Å². The summed E-state index contributed by atoms with van der Waals surface area (Å²) in [4.78, 5) is 12.2. The maximum atomic E-state index is 12.2. The summed E-state index contributed by atoms with van der Waals surface area (Å²) in [7, 11) is 0. The number of rotatable bonds is 3. The van der Waals surface area contributed by atoms with Crippen molar-refractivity contribution >= 4 is 11.6 Å². The molecule has 2 aromatic rings. The first kappa shape index (κ1) is 14.8. The van der Waals surface area contributed by atoms with Crippen LogP contribution >= 0.6 is 0 Å². The number of hydrogen-bond acceptors (Lipinski definition) is 3. The lowest BCUT2D eigenvalue weighted by atomic mass is 10.2. The molecular formula is C16H17N3O2. The summed E-state index contributed by atoms with van der Waals surface area (Å²) >= 11 is 0. The predicted octanol–water partition coefficient (Wildman–Crippen LogP) is 1.81. The summed E-state index contributed by atoms with van der Waals surface area (Å²) in [5.74, 6) is 5.19. The number of aliphatic hydroxyl groups is 1. The summed E-state index contributed by atoms with van der Waals surface area (Å²) in [5.41, 5.74) is 2.84. The molecule has 0 saturated carbocycles. The van der Waals surface area contributed by atoms with E-state index in [1.165, 1.54) is 0 Å². The molecule has 0 bridgehead atoms. The van der Waals surface area contributed by atoms with Gasteiger partial charge >= 0.3 is 0 Å². The van der Waals surface area contributed by atoms with Gasteiger partial charge in [0.1, 0.15) is 12.3 Å². The van der Waals surface area contributed by atoms with E-state index in [2.05, 4.69) is 22.3 Å². The Hall–Kier alpha value is -2.58. The zero-order valence-corrected chi connectivity index (χ0v) is 12.1. The van der Waals surface area contributed by atoms with Gasteiger partial charge < -0.3 is 10.4 Å². The van der Waals surface area contributed by atoms with Crippen LogP contribution < -0.4 is 5.32 Å². The summed E-state index contributed by atoms with van der Waals surface area (Å²) in [6.07, 6.45) is 0. The standard InChI is InChI=1S/C16H17N3O2/c1-3-19-15(11-12(2)18-19)16(21)17-14-8-6-13(7-9-14)5-4-10-20/h6-9,11,20H,3,10H2,1-2H3,(H,17,21). The molecule has 0 unspecified atom stereocenters. The quantitative estimate of drug-likeness (QED) is 0.844. The SMILES string of the molecule is CCn1nc(C)cc1C(=O)Nc1ccc(C#CCO)cc1. The van der Waals surface area contributed by atoms with Crippen molar-refractivity contribution in [2.45, 2.75) is 20.4 Å². The Labute approximate surface area is 123 Å². The molecule has 0 aliphatic carbocycles. The van der Waals surface area contributed by atoms with Gasteiger partial charge in [0.05, 0.1) is 5.69 Å². The number of nitrogens with one attached hydrogen (secondary N) is 1. The van der Waals surface area contributed by atoms with Crippen molar-refractivity contribution in [2.75, 3.05) is 11.9 Å². The maximum absolute atomic E-state index is 12.2. The first-order chi connectivity index (χ1) is 10.1. The van der Waals surface area contributed by atoms with E-state index in [4.69, 9.17) is 5.11 Å². The molecule has 0 saturated heterocycles. The van der Waals surface area contributed by atoms with Crippen LogP contribution in [0.3, 0.4) is 0 Å². The minimum Gasteiger partial charge on any atom is -0.384 e. The Morgan fingerprint density at radius 1 is 1.38 bits per heavy atom. The van der Waals surface area contributed by atoms with Crippen LogP contribution in [0.5, 0.6) is 0 Å². The first-order valence-corrected chi connectivity index (χ1v) is 6.69. The van der Waals surface area contributed by atoms with E-state index in [9.17, 15) is 4.79 Å². The predicted molar refractivity (Wildman–Crippen MR) is 81.0 cm³/mol. The Balaban J connectivity index is 2.12. The fourth-order valence-corrected chi connectivity index (χ4v) is 1.94. The van der Waals surface area contributed by atoms with Crippen LogP contribution in [-0.2, 0) is 6.54 Å². The van der Waals surface area contributed by atoms with Crippen molar-refractivity contribution in [1.82, 2.24) is 9.78 Å². The summed E-state index contributed by atoms with van der Waals surface area (Å²) in [5, 5.41) is 15.7. The van der Waals surface area contributed by atoms with E-state index in [1.807, 2.05) is 13.8 Å². The molecule has 2 rings (SSSR count). The highest BCUT2D eigenvalue weighted by Crippen LogP contribution is 2.12. The van der Waals surface area contributed by atoms with Crippen molar-refractivity contribution in [3.05, 3.63) is 47.3 Å². The molecule has 0 fully saturated rings. The molecule has 1 amide bonds. The molecule has 2 N–H and O–H groups in total. The molecular weight excluding hydrogens is 266 g/mol. The van der Waals surface area contributed by atoms with Gasteiger partial charge in [-0.1, -0.05) is 11.8 Å². The summed E-state index contributed by atoms with van der Waals surface area (Å²) in [6, 6.07) is 8.90. The number of aromatic nitrogens is 2. The van der Waals surface area contributed by atoms with Crippen molar-refractivity contribution in [1.29, 1.82) is 0 Å². The molecule has 1 heterocycles. The minimum atomic E-state index is -0.188. The molecule has 108 valence electrons. The fraction of sp³-hybridized carbons (Fsp3) is 0.250. The van der Waals surface area contributed by atoms with Gasteiger partial charge in [0.2, 0.25) is 0 Å². The average molecular weight is 283 g/mol. The Morgan fingerprint density at radius 2 is 2.10 bits per heavy atom. The van der Waals surface area contributed by atoms with Crippen LogP contribution in [0, 0.1) is 18.8 Å². The van der Waals surface area contributed by atoms with E-state index in [-0.39, 0.29) is 12.5 Å². The second kappa shape index (κ2) is 6.73. The summed E-state index contributed by atoms with van der Waals surface area (Å²) in [6.45, 7) is 4.28. The molecule has 0 aliphatic rings. The van der Waals surface area contributed by atoms with E-state index >= 15 is 0 Å². The lowest BCUT2D eigenvalue weighted by Gasteiger charge is -2.06. The molecule has 0 atom stereocenters. The third kappa shape index (κ3) is 3.71. The van der Waals surface area contributed by atoms with Crippen molar-refractivity contribution in [3.8, 4) is 11.8 Å². The first-order valence-electron chi connectivity index (χ1n) is 6.69. The second-order valence-corrected chi connectivity index (χ2v) is 4.48. The number of hydrogen-bond donors (Lipinski definition) is 2. The zero-order valence-electron chi connectivity index (χ0n) is 12.1. The van der Waals surface area contributed by atoms with Gasteiger partial charge in [-0.25, -0.2) is 0 Å². The lowest BCUT2D eigenvalue weighted by molar-refractivity contribution is 0.101. The largest absolute Gasteiger partial charge is 0.384 e. The lowest BCUT2D eigenvalue weighted by Crippen LogP contribution is -2.17. The third-order valence-electron chi connectivity index (χ3n) is 2.89. The van der Waals surface area contributed by atoms with E-state index in [1.54, 1.807) is 35.0 Å². The monoisotopic (exact) mass is 283 g/mol. The van der Waals surface area contributed by atoms with Crippen LogP contribution in [0.2, 0.25) is 0 Å². The smallest absolute Gasteiger partial charge is 0.273 e. The fourth-order valence-electron chi connectivity index (χ4n) is 1.94. The minimum absolute atomic E-state index is 0.168. The molecule has 1 aromatic carbocycles. The van der Waals surface area contributed by atoms with Crippen molar-refractivity contribution in [2.24, 2.45) is 0 Å². The van der Waals surface area contributed by atoms with E-state index in [0.29, 0.717) is 17.9 Å². The third-order valence-corrected chi connectivity index (χ3v) is 2.89. The molecule has 0 radical (unpaired) electrons. The van der Waals surface area contributed by atoms with Gasteiger partial charge in [0.25, 0.3) is 5.91 Å². The molecule has 5 heteroatoms. The second-order valence-electron chi connectivity index (χ2n) is 4.48. The number of aliphatic hydroxyl groups excluding tert-OH is 1. The number of carbonyl (C=O) groups is 1. The van der Waals surface area contributed by atoms with E-state index < -0.39 is 0 Å². The van der Waals surface area contributed by atoms with Crippen LogP contribution in [0.4, 0.5) is 5.69 Å². The van der Waals surface area contributed by atoms with E-state index in [0.717, 1.165) is 11.3 Å². The van der Waals surface area contributed by atoms with Gasteiger partial charge in [0.15, 0.2) is 0 Å². The molecule has 21 heavy (non-hydrogen) atoms. The average Bonchev–Trinajstić information content (AvgIpc) is 2.88. The van der Waals surface area contributed by atoms with Crippen LogP contribution in [-0.4, -0.2) is 27.4 Å².